The predicted octanol–water partition coefficient (Wildman–Crippen LogP) is 1.44. The zero-order valence-electron chi connectivity index (χ0n) is 15.8. The predicted molar refractivity (Wildman–Crippen MR) is 98.0 cm³/mol. The summed E-state index contributed by atoms with van der Waals surface area (Å²) < 4.78 is 1.99. The Morgan fingerprint density at radius 2 is 2.17 bits per heavy atom. The van der Waals surface area contributed by atoms with Crippen LogP contribution in [0.1, 0.15) is 51.7 Å². The Kier molecular flexibility index (Phi) is 7.02. The zero-order valence-corrected chi connectivity index (χ0v) is 15.8. The third kappa shape index (κ3) is 4.93. The number of likely N-dealkylation sites (N-methyl/N-ethyl adjacent to an activating group) is 1. The summed E-state index contributed by atoms with van der Waals surface area (Å²) in [4.78, 5) is 7.26. The normalized spacial score (nSPS) is 20.4. The molecule has 0 amide bonds. The van der Waals surface area contributed by atoms with E-state index in [1.165, 1.54) is 19.4 Å². The summed E-state index contributed by atoms with van der Waals surface area (Å²) in [5.41, 5.74) is 0. The summed E-state index contributed by atoms with van der Waals surface area (Å²) in [5.74, 6) is 2.66. The van der Waals surface area contributed by atoms with Crippen molar-refractivity contribution in [3.8, 4) is 0 Å². The van der Waals surface area contributed by atoms with Crippen LogP contribution in [0.5, 0.6) is 0 Å². The van der Waals surface area contributed by atoms with Gasteiger partial charge in [-0.05, 0) is 46.2 Å². The Balaban J connectivity index is 1.98. The quantitative estimate of drug-likeness (QED) is 0.583. The second-order valence-corrected chi connectivity index (χ2v) is 6.65. The van der Waals surface area contributed by atoms with Crippen LogP contribution in [0.4, 0.5) is 0 Å². The van der Waals surface area contributed by atoms with Gasteiger partial charge in [0.2, 0.25) is 0 Å². The fourth-order valence-corrected chi connectivity index (χ4v) is 2.98. The molecule has 7 nitrogen and oxygen atoms in total. The minimum Gasteiger partial charge on any atom is -0.355 e. The van der Waals surface area contributed by atoms with Crippen LogP contribution in [0.3, 0.4) is 0 Å². The van der Waals surface area contributed by atoms with Gasteiger partial charge in [-0.3, -0.25) is 4.90 Å². The molecule has 1 saturated heterocycles. The Morgan fingerprint density at radius 1 is 1.38 bits per heavy atom. The van der Waals surface area contributed by atoms with E-state index in [-0.39, 0.29) is 0 Å². The van der Waals surface area contributed by atoms with Gasteiger partial charge < -0.3 is 15.2 Å². The van der Waals surface area contributed by atoms with Gasteiger partial charge in [0.1, 0.15) is 12.4 Å². The third-order valence-electron chi connectivity index (χ3n) is 4.97. The van der Waals surface area contributed by atoms with Crippen LogP contribution in [0.15, 0.2) is 4.99 Å². The molecular formula is C17H33N7. The summed E-state index contributed by atoms with van der Waals surface area (Å²) in [6.45, 7) is 12.4. The topological polar surface area (TPSA) is 70.4 Å². The molecule has 1 aromatic rings. The lowest BCUT2D eigenvalue weighted by molar-refractivity contribution is 0.266. The number of rotatable bonds is 7. The van der Waals surface area contributed by atoms with E-state index in [1.807, 2.05) is 18.5 Å². The fraction of sp³-hybridized carbons (Fsp3) is 0.824. The van der Waals surface area contributed by atoms with Crippen LogP contribution >= 0.6 is 0 Å². The molecule has 1 aromatic heterocycles. The number of likely N-dealkylation sites (tertiary alicyclic amines) is 1. The van der Waals surface area contributed by atoms with Crippen molar-refractivity contribution in [3.05, 3.63) is 11.6 Å². The van der Waals surface area contributed by atoms with Crippen molar-refractivity contribution in [1.82, 2.24) is 30.3 Å². The molecular weight excluding hydrogens is 302 g/mol. The van der Waals surface area contributed by atoms with Crippen LogP contribution < -0.4 is 10.6 Å². The highest BCUT2D eigenvalue weighted by atomic mass is 15.3. The largest absolute Gasteiger partial charge is 0.355 e. The van der Waals surface area contributed by atoms with Gasteiger partial charge in [-0.1, -0.05) is 13.8 Å². The van der Waals surface area contributed by atoms with E-state index >= 15 is 0 Å². The molecule has 0 aromatic carbocycles. The van der Waals surface area contributed by atoms with Gasteiger partial charge in [0.25, 0.3) is 0 Å². The van der Waals surface area contributed by atoms with E-state index in [1.54, 1.807) is 0 Å². The number of nitrogens with zero attached hydrogens (tertiary/aromatic N) is 5. The van der Waals surface area contributed by atoms with Crippen LogP contribution in [0, 0.1) is 6.92 Å². The van der Waals surface area contributed by atoms with Crippen molar-refractivity contribution in [3.63, 3.8) is 0 Å². The highest BCUT2D eigenvalue weighted by Gasteiger charge is 2.23. The molecule has 1 fully saturated rings. The number of aryl methyl sites for hydroxylation is 1. The SMILES string of the molecule is CCC(C)NC(=NCc1nnc(C)n1C)NCC1CCCN1CC. The van der Waals surface area contributed by atoms with E-state index in [4.69, 9.17) is 4.99 Å². The molecule has 0 bridgehead atoms. The summed E-state index contributed by atoms with van der Waals surface area (Å²) in [7, 11) is 1.98. The first-order valence-electron chi connectivity index (χ1n) is 9.18. The monoisotopic (exact) mass is 335 g/mol. The van der Waals surface area contributed by atoms with Crippen LogP contribution in [-0.2, 0) is 13.6 Å². The Morgan fingerprint density at radius 3 is 2.79 bits per heavy atom. The van der Waals surface area contributed by atoms with Crippen molar-refractivity contribution >= 4 is 5.96 Å². The van der Waals surface area contributed by atoms with Gasteiger partial charge in [-0.25, -0.2) is 4.99 Å². The summed E-state index contributed by atoms with van der Waals surface area (Å²) in [5, 5.41) is 15.3. The third-order valence-corrected chi connectivity index (χ3v) is 4.97. The standard InChI is InChI=1S/C17H33N7/c1-6-13(3)20-17(18-11-15-9-8-10-24(15)7-2)19-12-16-22-21-14(4)23(16)5/h13,15H,6-12H2,1-5H3,(H2,18,19,20). The van der Waals surface area contributed by atoms with E-state index in [0.717, 1.165) is 37.1 Å². The number of nitrogens with one attached hydrogen (secondary N) is 2. The van der Waals surface area contributed by atoms with E-state index in [2.05, 4.69) is 46.5 Å². The van der Waals surface area contributed by atoms with Gasteiger partial charge in [0.15, 0.2) is 11.8 Å². The number of hydrogen-bond donors (Lipinski definition) is 2. The molecule has 24 heavy (non-hydrogen) atoms. The molecule has 136 valence electrons. The van der Waals surface area contributed by atoms with E-state index in [9.17, 15) is 0 Å². The van der Waals surface area contributed by atoms with E-state index in [0.29, 0.717) is 18.6 Å². The van der Waals surface area contributed by atoms with Gasteiger partial charge in [0.05, 0.1) is 0 Å². The molecule has 0 radical (unpaired) electrons. The second kappa shape index (κ2) is 9.01. The maximum Gasteiger partial charge on any atom is 0.191 e. The van der Waals surface area contributed by atoms with Crippen molar-refractivity contribution in [1.29, 1.82) is 0 Å². The maximum atomic E-state index is 4.72. The first-order chi connectivity index (χ1) is 11.5. The summed E-state index contributed by atoms with van der Waals surface area (Å²) in [6, 6.07) is 0.999. The molecule has 0 spiro atoms. The van der Waals surface area contributed by atoms with Gasteiger partial charge in [-0.15, -0.1) is 10.2 Å². The molecule has 2 heterocycles. The van der Waals surface area contributed by atoms with Crippen molar-refractivity contribution < 1.29 is 0 Å². The first-order valence-corrected chi connectivity index (χ1v) is 9.18. The van der Waals surface area contributed by atoms with Crippen molar-refractivity contribution in [2.75, 3.05) is 19.6 Å². The lowest BCUT2D eigenvalue weighted by atomic mass is 10.2. The molecule has 2 N–H and O–H groups in total. The smallest absolute Gasteiger partial charge is 0.191 e. The first kappa shape index (κ1) is 18.7. The minimum atomic E-state index is 0.392. The van der Waals surface area contributed by atoms with Crippen molar-refractivity contribution in [2.24, 2.45) is 12.0 Å². The summed E-state index contributed by atoms with van der Waals surface area (Å²) in [6.07, 6.45) is 3.62. The van der Waals surface area contributed by atoms with Crippen LogP contribution in [-0.4, -0.2) is 57.3 Å². The van der Waals surface area contributed by atoms with Gasteiger partial charge in [0, 0.05) is 25.7 Å². The molecule has 7 heteroatoms. The van der Waals surface area contributed by atoms with Crippen LogP contribution in [0.2, 0.25) is 0 Å². The van der Waals surface area contributed by atoms with Crippen molar-refractivity contribution in [2.45, 2.75) is 65.6 Å². The Bertz CT molecular complexity index is 537. The average molecular weight is 336 g/mol. The molecule has 2 atom stereocenters. The maximum absolute atomic E-state index is 4.72. The van der Waals surface area contributed by atoms with Gasteiger partial charge in [-0.2, -0.15) is 0 Å². The van der Waals surface area contributed by atoms with Crippen LogP contribution in [0.25, 0.3) is 0 Å². The molecule has 2 unspecified atom stereocenters. The molecule has 1 aliphatic rings. The molecule has 0 saturated carbocycles. The number of hydrogen-bond acceptors (Lipinski definition) is 4. The highest BCUT2D eigenvalue weighted by Crippen LogP contribution is 2.15. The highest BCUT2D eigenvalue weighted by molar-refractivity contribution is 5.80. The number of guanidine groups is 1. The number of aliphatic imine (C=N–C) groups is 1. The average Bonchev–Trinajstić information content (AvgIpc) is 3.17. The number of aromatic nitrogens is 3. The second-order valence-electron chi connectivity index (χ2n) is 6.65. The minimum absolute atomic E-state index is 0.392. The fourth-order valence-electron chi connectivity index (χ4n) is 2.98. The lowest BCUT2D eigenvalue weighted by Gasteiger charge is -2.25. The van der Waals surface area contributed by atoms with Gasteiger partial charge >= 0.3 is 0 Å². The Labute approximate surface area is 145 Å². The summed E-state index contributed by atoms with van der Waals surface area (Å²) >= 11 is 0. The molecule has 2 rings (SSSR count). The molecule has 1 aliphatic heterocycles. The Hall–Kier alpha value is -1.63. The lowest BCUT2D eigenvalue weighted by Crippen LogP contribution is -2.47. The van der Waals surface area contributed by atoms with E-state index < -0.39 is 0 Å². The molecule has 0 aliphatic carbocycles. The zero-order chi connectivity index (χ0) is 17.5.